The highest BCUT2D eigenvalue weighted by Crippen LogP contribution is 2.23. The summed E-state index contributed by atoms with van der Waals surface area (Å²) in [6.07, 6.45) is -5.31. The molecule has 0 saturated heterocycles. The predicted octanol–water partition coefficient (Wildman–Crippen LogP) is 3.57. The van der Waals surface area contributed by atoms with Gasteiger partial charge < -0.3 is 5.73 Å². The van der Waals surface area contributed by atoms with Crippen molar-refractivity contribution in [2.24, 2.45) is 5.73 Å². The van der Waals surface area contributed by atoms with Gasteiger partial charge in [0.1, 0.15) is 11.6 Å². The Kier molecular flexibility index (Phi) is 5.07. The summed E-state index contributed by atoms with van der Waals surface area (Å²) in [7, 11) is 0. The topological polar surface area (TPSA) is 26.0 Å². The van der Waals surface area contributed by atoms with Gasteiger partial charge in [-0.05, 0) is 31.4 Å². The first-order chi connectivity index (χ1) is 8.29. The maximum atomic E-state index is 13.2. The molecule has 0 aliphatic rings. The predicted molar refractivity (Wildman–Crippen MR) is 57.9 cm³/mol. The molecule has 0 fully saturated rings. The fourth-order valence-electron chi connectivity index (χ4n) is 1.66. The Morgan fingerprint density at radius 2 is 1.67 bits per heavy atom. The van der Waals surface area contributed by atoms with Gasteiger partial charge in [-0.3, -0.25) is 0 Å². The monoisotopic (exact) mass is 267 g/mol. The molecule has 102 valence electrons. The molecule has 1 unspecified atom stereocenters. The van der Waals surface area contributed by atoms with Gasteiger partial charge in [0, 0.05) is 18.0 Å². The van der Waals surface area contributed by atoms with E-state index >= 15 is 0 Å². The van der Waals surface area contributed by atoms with E-state index in [2.05, 4.69) is 0 Å². The van der Waals surface area contributed by atoms with Crippen LogP contribution in [0.3, 0.4) is 0 Å². The van der Waals surface area contributed by atoms with Crippen molar-refractivity contribution in [1.29, 1.82) is 0 Å². The molecule has 1 rings (SSSR count). The van der Waals surface area contributed by atoms with E-state index in [0.717, 1.165) is 12.1 Å². The van der Waals surface area contributed by atoms with Crippen molar-refractivity contribution in [3.8, 4) is 0 Å². The number of nitrogens with two attached hydrogens (primary N) is 1. The first-order valence-electron chi connectivity index (χ1n) is 5.55. The van der Waals surface area contributed by atoms with E-state index in [9.17, 15) is 22.0 Å². The smallest absolute Gasteiger partial charge is 0.327 e. The molecule has 1 aromatic rings. The number of hydrogen-bond acceptors (Lipinski definition) is 1. The quantitative estimate of drug-likeness (QED) is 0.811. The lowest BCUT2D eigenvalue weighted by molar-refractivity contribution is -0.135. The SMILES string of the molecule is NC(CCCC(F)(F)F)Cc1c(F)cccc1F. The highest BCUT2D eigenvalue weighted by molar-refractivity contribution is 5.20. The summed E-state index contributed by atoms with van der Waals surface area (Å²) in [6.45, 7) is 0. The average Bonchev–Trinajstić information content (AvgIpc) is 2.22. The zero-order valence-corrected chi connectivity index (χ0v) is 9.61. The Bertz CT molecular complexity index is 368. The van der Waals surface area contributed by atoms with E-state index < -0.39 is 30.3 Å². The molecule has 1 nitrogen and oxygen atoms in total. The van der Waals surface area contributed by atoms with E-state index in [1.165, 1.54) is 6.07 Å². The largest absolute Gasteiger partial charge is 0.389 e. The van der Waals surface area contributed by atoms with E-state index in [0.29, 0.717) is 0 Å². The highest BCUT2D eigenvalue weighted by atomic mass is 19.4. The maximum absolute atomic E-state index is 13.2. The van der Waals surface area contributed by atoms with E-state index in [1.54, 1.807) is 0 Å². The second kappa shape index (κ2) is 6.13. The van der Waals surface area contributed by atoms with Crippen LogP contribution in [0.2, 0.25) is 0 Å². The molecule has 0 aliphatic carbocycles. The summed E-state index contributed by atoms with van der Waals surface area (Å²) >= 11 is 0. The van der Waals surface area contributed by atoms with Crippen LogP contribution in [0, 0.1) is 11.6 Å². The molecule has 0 radical (unpaired) electrons. The average molecular weight is 267 g/mol. The highest BCUT2D eigenvalue weighted by Gasteiger charge is 2.26. The lowest BCUT2D eigenvalue weighted by Gasteiger charge is -2.13. The maximum Gasteiger partial charge on any atom is 0.389 e. The standard InChI is InChI=1S/C12H14F5N/c13-10-4-1-5-11(14)9(10)7-8(18)3-2-6-12(15,16)17/h1,4-5,8H,2-3,6-7,18H2. The molecular weight excluding hydrogens is 253 g/mol. The Labute approximate surface area is 102 Å². The molecule has 0 bridgehead atoms. The zero-order chi connectivity index (χ0) is 13.8. The third-order valence-corrected chi connectivity index (χ3v) is 2.56. The first-order valence-corrected chi connectivity index (χ1v) is 5.55. The summed E-state index contributed by atoms with van der Waals surface area (Å²) in [5.41, 5.74) is 5.40. The molecule has 0 heterocycles. The van der Waals surface area contributed by atoms with Gasteiger partial charge in [-0.2, -0.15) is 13.2 Å². The second-order valence-corrected chi connectivity index (χ2v) is 4.17. The van der Waals surface area contributed by atoms with Crippen LogP contribution in [0.4, 0.5) is 22.0 Å². The Morgan fingerprint density at radius 3 is 2.17 bits per heavy atom. The molecule has 1 atom stereocenters. The fraction of sp³-hybridized carbons (Fsp3) is 0.500. The summed E-state index contributed by atoms with van der Waals surface area (Å²) in [6, 6.07) is 2.74. The van der Waals surface area contributed by atoms with Crippen LogP contribution < -0.4 is 5.73 Å². The van der Waals surface area contributed by atoms with Crippen molar-refractivity contribution in [2.75, 3.05) is 0 Å². The van der Waals surface area contributed by atoms with Crippen LogP contribution in [-0.2, 0) is 6.42 Å². The van der Waals surface area contributed by atoms with E-state index in [1.807, 2.05) is 0 Å². The number of halogens is 5. The molecule has 0 aliphatic heterocycles. The van der Waals surface area contributed by atoms with E-state index in [-0.39, 0.29) is 24.8 Å². The first kappa shape index (κ1) is 14.9. The van der Waals surface area contributed by atoms with Crippen LogP contribution >= 0.6 is 0 Å². The minimum absolute atomic E-state index is 0.0767. The lowest BCUT2D eigenvalue weighted by atomic mass is 10.0. The summed E-state index contributed by atoms with van der Waals surface area (Å²) in [5, 5.41) is 0. The molecule has 6 heteroatoms. The van der Waals surface area contributed by atoms with E-state index in [4.69, 9.17) is 5.73 Å². The minimum Gasteiger partial charge on any atom is -0.327 e. The van der Waals surface area contributed by atoms with Gasteiger partial charge in [0.05, 0.1) is 0 Å². The molecule has 2 N–H and O–H groups in total. The number of rotatable bonds is 5. The van der Waals surface area contributed by atoms with Crippen LogP contribution in [0.15, 0.2) is 18.2 Å². The third-order valence-electron chi connectivity index (χ3n) is 2.56. The molecule has 0 amide bonds. The molecule has 0 spiro atoms. The van der Waals surface area contributed by atoms with Crippen LogP contribution in [-0.4, -0.2) is 12.2 Å². The van der Waals surface area contributed by atoms with Crippen molar-refractivity contribution in [3.05, 3.63) is 35.4 Å². The molecular formula is C12H14F5N. The molecule has 0 saturated carbocycles. The normalized spacial score (nSPS) is 13.7. The third kappa shape index (κ3) is 5.00. The Hall–Kier alpha value is -1.17. The fourth-order valence-corrected chi connectivity index (χ4v) is 1.66. The van der Waals surface area contributed by atoms with Gasteiger partial charge in [-0.1, -0.05) is 6.07 Å². The Morgan fingerprint density at radius 1 is 1.11 bits per heavy atom. The zero-order valence-electron chi connectivity index (χ0n) is 9.61. The number of hydrogen-bond donors (Lipinski definition) is 1. The number of benzene rings is 1. The van der Waals surface area contributed by atoms with Crippen molar-refractivity contribution in [3.63, 3.8) is 0 Å². The van der Waals surface area contributed by atoms with Crippen molar-refractivity contribution >= 4 is 0 Å². The minimum atomic E-state index is -4.22. The Balaban J connectivity index is 2.47. The van der Waals surface area contributed by atoms with Gasteiger partial charge in [-0.25, -0.2) is 8.78 Å². The van der Waals surface area contributed by atoms with Gasteiger partial charge in [-0.15, -0.1) is 0 Å². The molecule has 1 aromatic carbocycles. The second-order valence-electron chi connectivity index (χ2n) is 4.17. The van der Waals surface area contributed by atoms with Crippen molar-refractivity contribution in [2.45, 2.75) is 37.9 Å². The molecule has 0 aromatic heterocycles. The molecule has 18 heavy (non-hydrogen) atoms. The van der Waals surface area contributed by atoms with Gasteiger partial charge >= 0.3 is 6.18 Å². The summed E-state index contributed by atoms with van der Waals surface area (Å²) in [5.74, 6) is -1.44. The summed E-state index contributed by atoms with van der Waals surface area (Å²) in [4.78, 5) is 0. The summed E-state index contributed by atoms with van der Waals surface area (Å²) < 4.78 is 62.2. The van der Waals surface area contributed by atoms with Crippen molar-refractivity contribution < 1.29 is 22.0 Å². The van der Waals surface area contributed by atoms with Crippen LogP contribution in [0.1, 0.15) is 24.8 Å². The number of alkyl halides is 3. The lowest BCUT2D eigenvalue weighted by Crippen LogP contribution is -2.24. The van der Waals surface area contributed by atoms with Crippen LogP contribution in [0.25, 0.3) is 0 Å². The van der Waals surface area contributed by atoms with Gasteiger partial charge in [0.2, 0.25) is 0 Å². The van der Waals surface area contributed by atoms with Gasteiger partial charge in [0.15, 0.2) is 0 Å². The van der Waals surface area contributed by atoms with Gasteiger partial charge in [0.25, 0.3) is 0 Å². The van der Waals surface area contributed by atoms with Crippen molar-refractivity contribution in [1.82, 2.24) is 0 Å². The van der Waals surface area contributed by atoms with Crippen LogP contribution in [0.5, 0.6) is 0 Å².